The third-order valence-corrected chi connectivity index (χ3v) is 7.79. The Hall–Kier alpha value is -3.40. The summed E-state index contributed by atoms with van der Waals surface area (Å²) >= 11 is 0. The first-order valence-corrected chi connectivity index (χ1v) is 14.3. The summed E-state index contributed by atoms with van der Waals surface area (Å²) in [6.45, 7) is 9.07. The summed E-state index contributed by atoms with van der Waals surface area (Å²) in [5.74, 6) is -2.83. The maximum absolute atomic E-state index is 13.8. The van der Waals surface area contributed by atoms with Crippen molar-refractivity contribution in [1.82, 2.24) is 10.2 Å². The van der Waals surface area contributed by atoms with Crippen molar-refractivity contribution in [3.63, 3.8) is 0 Å². The van der Waals surface area contributed by atoms with Crippen molar-refractivity contribution >= 4 is 12.0 Å². The summed E-state index contributed by atoms with van der Waals surface area (Å²) in [7, 11) is 0. The van der Waals surface area contributed by atoms with Crippen LogP contribution < -0.4 is 14.8 Å². The van der Waals surface area contributed by atoms with Gasteiger partial charge in [0.15, 0.2) is 5.54 Å². The summed E-state index contributed by atoms with van der Waals surface area (Å²) in [6, 6.07) is 10.2. The summed E-state index contributed by atoms with van der Waals surface area (Å²) < 4.78 is 45.6. The molecule has 0 aromatic heterocycles. The number of carbonyl (C=O) groups is 2. The third-order valence-electron chi connectivity index (χ3n) is 7.79. The zero-order valence-corrected chi connectivity index (χ0v) is 24.2. The van der Waals surface area contributed by atoms with E-state index in [0.29, 0.717) is 31.5 Å². The van der Waals surface area contributed by atoms with Crippen molar-refractivity contribution in [3.05, 3.63) is 58.7 Å². The topological polar surface area (TPSA) is 97.3 Å². The van der Waals surface area contributed by atoms with Crippen LogP contribution in [-0.2, 0) is 16.1 Å². The van der Waals surface area contributed by atoms with E-state index in [9.17, 15) is 23.5 Å². The molecule has 0 heterocycles. The lowest BCUT2D eigenvalue weighted by molar-refractivity contribution is -0.175. The minimum Gasteiger partial charge on any atom is -0.493 e. The third kappa shape index (κ3) is 6.92. The number of alkyl halides is 2. The summed E-state index contributed by atoms with van der Waals surface area (Å²) in [4.78, 5) is 27.1. The smallest absolute Gasteiger partial charge is 0.329 e. The first kappa shape index (κ1) is 30.6. The number of nitrogens with one attached hydrogen (secondary N) is 1. The molecule has 0 spiro atoms. The van der Waals surface area contributed by atoms with E-state index in [0.717, 1.165) is 40.8 Å². The molecule has 2 N–H and O–H groups in total. The molecule has 2 saturated carbocycles. The summed E-state index contributed by atoms with van der Waals surface area (Å²) in [5, 5.41) is 12.2. The number of carbonyl (C=O) groups excluding carboxylic acids is 1. The number of rotatable bonds is 14. The number of carboxylic acid groups (broad SMARTS) is 1. The Morgan fingerprint density at radius 2 is 1.78 bits per heavy atom. The molecular formula is C31H40F2N2O6. The van der Waals surface area contributed by atoms with Gasteiger partial charge < -0.3 is 29.5 Å². The van der Waals surface area contributed by atoms with Crippen LogP contribution in [0.5, 0.6) is 11.5 Å². The van der Waals surface area contributed by atoms with Crippen LogP contribution in [-0.4, -0.2) is 59.8 Å². The van der Waals surface area contributed by atoms with Crippen LogP contribution in [0.4, 0.5) is 13.6 Å². The number of hydrogen-bond acceptors (Lipinski definition) is 5. The molecule has 10 heteroatoms. The van der Waals surface area contributed by atoms with Crippen molar-refractivity contribution in [3.8, 4) is 11.5 Å². The number of aliphatic carboxylic acids is 1. The van der Waals surface area contributed by atoms with E-state index in [2.05, 4.69) is 5.32 Å². The Labute approximate surface area is 240 Å². The Balaban J connectivity index is 1.63. The number of halogens is 2. The highest BCUT2D eigenvalue weighted by Gasteiger charge is 2.62. The van der Waals surface area contributed by atoms with Crippen LogP contribution in [0.3, 0.4) is 0 Å². The predicted molar refractivity (Wildman–Crippen MR) is 150 cm³/mol. The quantitative estimate of drug-likeness (QED) is 0.260. The van der Waals surface area contributed by atoms with Gasteiger partial charge in [-0.15, -0.1) is 0 Å². The van der Waals surface area contributed by atoms with E-state index in [1.165, 1.54) is 4.90 Å². The van der Waals surface area contributed by atoms with Gasteiger partial charge in [-0.25, -0.2) is 18.4 Å². The molecule has 2 fully saturated rings. The second kappa shape index (κ2) is 12.6. The van der Waals surface area contributed by atoms with Crippen LogP contribution in [0.25, 0.3) is 0 Å². The number of benzene rings is 2. The van der Waals surface area contributed by atoms with Gasteiger partial charge in [0.2, 0.25) is 0 Å². The minimum atomic E-state index is -3.14. The fourth-order valence-corrected chi connectivity index (χ4v) is 5.54. The number of ether oxygens (including phenoxy) is 3. The normalized spacial score (nSPS) is 17.7. The highest BCUT2D eigenvalue weighted by Crippen LogP contribution is 2.52. The standard InChI is InChI=1S/C31H40F2N2O6/c1-5-40-25-16-24(20(3)27(41-6-2)26(25)23-12-13-23)21(4)35(14-15-39-17-22-10-8-7-9-11-22)29(38)34-30(28(36)37)18-31(32,33)19-30/h7-11,16,21,23H,5-6,12-15,17-19H2,1-4H3,(H,34,38)(H,36,37)/t21-/m1/s1. The molecule has 0 saturated heterocycles. The van der Waals surface area contributed by atoms with Gasteiger partial charge in [0, 0.05) is 24.9 Å². The maximum Gasteiger partial charge on any atom is 0.329 e. The largest absolute Gasteiger partial charge is 0.493 e. The van der Waals surface area contributed by atoms with E-state index in [1.807, 2.05) is 64.1 Å². The molecule has 0 bridgehead atoms. The summed E-state index contributed by atoms with van der Waals surface area (Å²) in [5.41, 5.74) is 1.60. The number of hydrogen-bond donors (Lipinski definition) is 2. The zero-order chi connectivity index (χ0) is 29.8. The lowest BCUT2D eigenvalue weighted by Gasteiger charge is -2.45. The molecule has 4 rings (SSSR count). The van der Waals surface area contributed by atoms with Gasteiger partial charge in [-0.3, -0.25) is 0 Å². The minimum absolute atomic E-state index is 0.101. The molecule has 2 aromatic carbocycles. The molecule has 41 heavy (non-hydrogen) atoms. The van der Waals surface area contributed by atoms with E-state index in [1.54, 1.807) is 0 Å². The van der Waals surface area contributed by atoms with Gasteiger partial charge in [-0.1, -0.05) is 30.3 Å². The molecule has 0 unspecified atom stereocenters. The molecule has 0 aliphatic heterocycles. The maximum atomic E-state index is 13.8. The number of nitrogens with zero attached hydrogens (tertiary/aromatic N) is 1. The molecule has 0 radical (unpaired) electrons. The Bertz CT molecular complexity index is 1230. The monoisotopic (exact) mass is 574 g/mol. The molecule has 2 aromatic rings. The van der Waals surface area contributed by atoms with Crippen LogP contribution in [0, 0.1) is 6.92 Å². The lowest BCUT2D eigenvalue weighted by Crippen LogP contribution is -2.68. The van der Waals surface area contributed by atoms with Gasteiger partial charge in [-0.05, 0) is 69.2 Å². The fraction of sp³-hybridized carbons (Fsp3) is 0.548. The van der Waals surface area contributed by atoms with Crippen molar-refractivity contribution in [1.29, 1.82) is 0 Å². The van der Waals surface area contributed by atoms with Crippen molar-refractivity contribution in [2.75, 3.05) is 26.4 Å². The van der Waals surface area contributed by atoms with E-state index in [-0.39, 0.29) is 13.2 Å². The van der Waals surface area contributed by atoms with Gasteiger partial charge in [0.05, 0.1) is 32.5 Å². The van der Waals surface area contributed by atoms with E-state index in [4.69, 9.17) is 14.2 Å². The second-order valence-electron chi connectivity index (χ2n) is 10.9. The van der Waals surface area contributed by atoms with Crippen molar-refractivity contribution < 1.29 is 37.7 Å². The van der Waals surface area contributed by atoms with E-state index < -0.39 is 42.3 Å². The van der Waals surface area contributed by atoms with Gasteiger partial charge in [-0.2, -0.15) is 0 Å². The average Bonchev–Trinajstić information content (AvgIpc) is 3.75. The molecule has 8 nitrogen and oxygen atoms in total. The zero-order valence-electron chi connectivity index (χ0n) is 24.2. The van der Waals surface area contributed by atoms with Crippen LogP contribution in [0.2, 0.25) is 0 Å². The lowest BCUT2D eigenvalue weighted by atomic mass is 9.73. The Morgan fingerprint density at radius 1 is 1.12 bits per heavy atom. The van der Waals surface area contributed by atoms with Gasteiger partial charge >= 0.3 is 12.0 Å². The van der Waals surface area contributed by atoms with Gasteiger partial charge in [0.25, 0.3) is 5.92 Å². The number of amides is 2. The predicted octanol–water partition coefficient (Wildman–Crippen LogP) is 6.21. The van der Waals surface area contributed by atoms with Crippen LogP contribution >= 0.6 is 0 Å². The average molecular weight is 575 g/mol. The summed E-state index contributed by atoms with van der Waals surface area (Å²) in [6.07, 6.45) is 0.186. The van der Waals surface area contributed by atoms with Crippen LogP contribution in [0.15, 0.2) is 36.4 Å². The molecule has 2 aliphatic carbocycles. The second-order valence-corrected chi connectivity index (χ2v) is 10.9. The molecule has 1 atom stereocenters. The highest BCUT2D eigenvalue weighted by molar-refractivity contribution is 5.88. The van der Waals surface area contributed by atoms with Crippen molar-refractivity contribution in [2.24, 2.45) is 0 Å². The van der Waals surface area contributed by atoms with E-state index >= 15 is 0 Å². The number of urea groups is 1. The highest BCUT2D eigenvalue weighted by atomic mass is 19.3. The SMILES string of the molecule is CCOc1cc([C@@H](C)N(CCOCc2ccccc2)C(=O)NC2(C(=O)O)CC(F)(F)C2)c(C)c(OCC)c1C1CC1. The van der Waals surface area contributed by atoms with Gasteiger partial charge in [0.1, 0.15) is 11.5 Å². The first-order chi connectivity index (χ1) is 19.5. The number of carboxylic acids is 1. The molecule has 2 aliphatic rings. The van der Waals surface area contributed by atoms with Crippen LogP contribution in [0.1, 0.15) is 80.7 Å². The first-order valence-electron chi connectivity index (χ1n) is 14.3. The fourth-order valence-electron chi connectivity index (χ4n) is 5.54. The molecular weight excluding hydrogens is 534 g/mol. The molecule has 2 amide bonds. The van der Waals surface area contributed by atoms with Crippen molar-refractivity contribution in [2.45, 2.75) is 83.4 Å². The Kier molecular flexibility index (Phi) is 9.41. The Morgan fingerprint density at radius 3 is 2.34 bits per heavy atom. The molecule has 224 valence electrons.